The number of hydrogen-bond acceptors (Lipinski definition) is 5. The molecule has 142 valence electrons. The molecule has 0 fully saturated rings. The topological polar surface area (TPSA) is 101 Å². The molecule has 0 aliphatic carbocycles. The summed E-state index contributed by atoms with van der Waals surface area (Å²) in [5, 5.41) is 15.3. The zero-order valence-electron chi connectivity index (χ0n) is 15.7. The van der Waals surface area contributed by atoms with E-state index in [0.717, 1.165) is 22.4 Å². The Morgan fingerprint density at radius 3 is 2.61 bits per heavy atom. The maximum absolute atomic E-state index is 12.6. The van der Waals surface area contributed by atoms with Crippen LogP contribution in [0.2, 0.25) is 0 Å². The molecule has 2 N–H and O–H groups in total. The number of tetrazole rings is 1. The van der Waals surface area contributed by atoms with E-state index in [4.69, 9.17) is 0 Å². The van der Waals surface area contributed by atoms with Crippen molar-refractivity contribution >= 4 is 16.9 Å². The van der Waals surface area contributed by atoms with Gasteiger partial charge in [-0.2, -0.15) is 4.80 Å². The molecule has 28 heavy (non-hydrogen) atoms. The molecule has 0 bridgehead atoms. The number of carbonyl (C=O) groups is 1. The number of H-pyrrole nitrogens is 1. The largest absolute Gasteiger partial charge is 0.344 e. The molecule has 0 aliphatic heterocycles. The molecule has 8 nitrogen and oxygen atoms in total. The van der Waals surface area contributed by atoms with Gasteiger partial charge in [-0.1, -0.05) is 56.3 Å². The fourth-order valence-electron chi connectivity index (χ4n) is 3.03. The summed E-state index contributed by atoms with van der Waals surface area (Å²) in [6.07, 6.45) is 0. The summed E-state index contributed by atoms with van der Waals surface area (Å²) in [4.78, 5) is 21.8. The van der Waals surface area contributed by atoms with Gasteiger partial charge in [0.15, 0.2) is 0 Å². The van der Waals surface area contributed by atoms with Gasteiger partial charge in [0.1, 0.15) is 12.4 Å². The minimum Gasteiger partial charge on any atom is -0.344 e. The molecule has 2 aromatic heterocycles. The molecular weight excluding hydrogens is 354 g/mol. The first-order valence-electron chi connectivity index (χ1n) is 9.17. The first-order valence-corrected chi connectivity index (χ1v) is 9.17. The minimum absolute atomic E-state index is 0.0106. The van der Waals surface area contributed by atoms with Crippen molar-refractivity contribution in [3.8, 4) is 11.4 Å². The molecule has 2 heterocycles. The summed E-state index contributed by atoms with van der Waals surface area (Å²) in [5.41, 5.74) is 2.68. The summed E-state index contributed by atoms with van der Waals surface area (Å²) in [6, 6.07) is 17.1. The van der Waals surface area contributed by atoms with E-state index in [2.05, 4.69) is 30.7 Å². The van der Waals surface area contributed by atoms with E-state index in [9.17, 15) is 4.79 Å². The predicted molar refractivity (Wildman–Crippen MR) is 105 cm³/mol. The molecule has 0 saturated carbocycles. The number of nitrogens with one attached hydrogen (secondary N) is 2. The lowest BCUT2D eigenvalue weighted by Gasteiger charge is -2.20. The van der Waals surface area contributed by atoms with E-state index in [-0.39, 0.29) is 24.4 Å². The van der Waals surface area contributed by atoms with Crippen LogP contribution in [0.15, 0.2) is 54.6 Å². The van der Waals surface area contributed by atoms with E-state index < -0.39 is 0 Å². The van der Waals surface area contributed by atoms with Gasteiger partial charge in [0.25, 0.3) is 0 Å². The third kappa shape index (κ3) is 3.75. The van der Waals surface area contributed by atoms with Gasteiger partial charge in [-0.05, 0) is 23.3 Å². The lowest BCUT2D eigenvalue weighted by Crippen LogP contribution is -2.35. The van der Waals surface area contributed by atoms with Crippen molar-refractivity contribution < 1.29 is 4.79 Å². The Kier molecular flexibility index (Phi) is 4.84. The number of aromatic amines is 1. The molecular formula is C20H21N7O. The van der Waals surface area contributed by atoms with Crippen LogP contribution in [0.5, 0.6) is 0 Å². The van der Waals surface area contributed by atoms with Gasteiger partial charge in [-0.25, -0.2) is 4.98 Å². The van der Waals surface area contributed by atoms with Crippen molar-refractivity contribution in [1.82, 2.24) is 35.5 Å². The highest BCUT2D eigenvalue weighted by Gasteiger charge is 2.22. The molecule has 1 amide bonds. The van der Waals surface area contributed by atoms with Crippen LogP contribution in [0, 0.1) is 5.92 Å². The standard InChI is InChI=1S/C20H21N7O/c1-13(2)18(20-21-15-10-6-7-11-16(15)22-20)23-17(28)12-27-25-19(24-26-27)14-8-4-3-5-9-14/h3-11,13,18H,12H2,1-2H3,(H,21,22)(H,23,28). The third-order valence-electron chi connectivity index (χ3n) is 4.46. The Labute approximate surface area is 162 Å². The summed E-state index contributed by atoms with van der Waals surface area (Å²) in [6.45, 7) is 4.07. The molecule has 0 aliphatic rings. The zero-order valence-corrected chi connectivity index (χ0v) is 15.7. The second kappa shape index (κ2) is 7.59. The van der Waals surface area contributed by atoms with Crippen molar-refractivity contribution in [2.75, 3.05) is 0 Å². The highest BCUT2D eigenvalue weighted by atomic mass is 16.2. The lowest BCUT2D eigenvalue weighted by atomic mass is 10.0. The molecule has 1 atom stereocenters. The van der Waals surface area contributed by atoms with Gasteiger partial charge in [0.2, 0.25) is 11.7 Å². The summed E-state index contributed by atoms with van der Waals surface area (Å²) in [5.74, 6) is 1.19. The Morgan fingerprint density at radius 1 is 1.11 bits per heavy atom. The number of nitrogens with zero attached hydrogens (tertiary/aromatic N) is 5. The quantitative estimate of drug-likeness (QED) is 0.540. The predicted octanol–water partition coefficient (Wildman–Crippen LogP) is 2.73. The van der Waals surface area contributed by atoms with Gasteiger partial charge in [0.05, 0.1) is 17.1 Å². The summed E-state index contributed by atoms with van der Waals surface area (Å²) < 4.78 is 0. The maximum atomic E-state index is 12.6. The van der Waals surface area contributed by atoms with Crippen molar-refractivity contribution in [3.63, 3.8) is 0 Å². The molecule has 2 aromatic carbocycles. The van der Waals surface area contributed by atoms with Crippen LogP contribution in [0.25, 0.3) is 22.4 Å². The van der Waals surface area contributed by atoms with Crippen molar-refractivity contribution in [3.05, 3.63) is 60.4 Å². The number of amides is 1. The number of benzene rings is 2. The van der Waals surface area contributed by atoms with Gasteiger partial charge in [-0.15, -0.1) is 10.2 Å². The molecule has 8 heteroatoms. The average Bonchev–Trinajstić information content (AvgIpc) is 3.33. The second-order valence-corrected chi connectivity index (χ2v) is 6.94. The SMILES string of the molecule is CC(C)C(NC(=O)Cn1nnc(-c2ccccc2)n1)c1nc2ccccc2[nH]1. The monoisotopic (exact) mass is 375 g/mol. The average molecular weight is 375 g/mol. The van der Waals surface area contributed by atoms with Crippen LogP contribution >= 0.6 is 0 Å². The van der Waals surface area contributed by atoms with Crippen molar-refractivity contribution in [2.45, 2.75) is 26.4 Å². The van der Waals surface area contributed by atoms with Gasteiger partial charge >= 0.3 is 0 Å². The van der Waals surface area contributed by atoms with Crippen LogP contribution in [0.1, 0.15) is 25.7 Å². The van der Waals surface area contributed by atoms with E-state index >= 15 is 0 Å². The fraction of sp³-hybridized carbons (Fsp3) is 0.250. The molecule has 1 unspecified atom stereocenters. The molecule has 4 aromatic rings. The number of para-hydroxylation sites is 2. The third-order valence-corrected chi connectivity index (χ3v) is 4.46. The van der Waals surface area contributed by atoms with E-state index in [1.807, 2.05) is 68.4 Å². The second-order valence-electron chi connectivity index (χ2n) is 6.94. The molecule has 4 rings (SSSR count). The number of rotatable bonds is 6. The first-order chi connectivity index (χ1) is 13.6. The maximum Gasteiger partial charge on any atom is 0.244 e. The van der Waals surface area contributed by atoms with Crippen molar-refractivity contribution in [1.29, 1.82) is 0 Å². The molecule has 0 saturated heterocycles. The number of hydrogen-bond donors (Lipinski definition) is 2. The fourth-order valence-corrected chi connectivity index (χ4v) is 3.03. The highest BCUT2D eigenvalue weighted by Crippen LogP contribution is 2.22. The number of aromatic nitrogens is 6. The van der Waals surface area contributed by atoms with Crippen LogP contribution < -0.4 is 5.32 Å². The number of imidazole rings is 1. The minimum atomic E-state index is -0.239. The zero-order chi connectivity index (χ0) is 19.5. The van der Waals surface area contributed by atoms with Crippen LogP contribution in [0.3, 0.4) is 0 Å². The number of fused-ring (bicyclic) bond motifs is 1. The highest BCUT2D eigenvalue weighted by molar-refractivity contribution is 5.77. The van der Waals surface area contributed by atoms with Gasteiger partial charge in [-0.3, -0.25) is 4.79 Å². The normalized spacial score (nSPS) is 12.4. The first kappa shape index (κ1) is 17.8. The van der Waals surface area contributed by atoms with Crippen molar-refractivity contribution in [2.24, 2.45) is 5.92 Å². The molecule has 0 spiro atoms. The van der Waals surface area contributed by atoms with E-state index in [1.54, 1.807) is 0 Å². The Hall–Kier alpha value is -3.55. The van der Waals surface area contributed by atoms with E-state index in [1.165, 1.54) is 4.80 Å². The number of carbonyl (C=O) groups excluding carboxylic acids is 1. The Morgan fingerprint density at radius 2 is 1.86 bits per heavy atom. The van der Waals surface area contributed by atoms with Crippen LogP contribution in [0.4, 0.5) is 0 Å². The Bertz CT molecular complexity index is 1050. The molecule has 0 radical (unpaired) electrons. The van der Waals surface area contributed by atoms with E-state index in [0.29, 0.717) is 5.82 Å². The summed E-state index contributed by atoms with van der Waals surface area (Å²) in [7, 11) is 0. The van der Waals surface area contributed by atoms with Crippen LogP contribution in [-0.2, 0) is 11.3 Å². The lowest BCUT2D eigenvalue weighted by molar-refractivity contribution is -0.123. The smallest absolute Gasteiger partial charge is 0.244 e. The summed E-state index contributed by atoms with van der Waals surface area (Å²) >= 11 is 0. The Balaban J connectivity index is 1.47. The van der Waals surface area contributed by atoms with Gasteiger partial charge < -0.3 is 10.3 Å². The van der Waals surface area contributed by atoms with Crippen LogP contribution in [-0.4, -0.2) is 36.1 Å². The van der Waals surface area contributed by atoms with Gasteiger partial charge in [0, 0.05) is 5.56 Å².